The van der Waals surface area contributed by atoms with Gasteiger partial charge in [0.25, 0.3) is 0 Å². The standard InChI is InChI=1S/2C6H10O3.2CH4O.Zr/c2*1-3-9-6(8)4-5(2)7;2*1-2;/h2*3-4H2,1-2H3;2*2H,1H3;. The van der Waals surface area contributed by atoms with Crippen molar-refractivity contribution in [1.82, 2.24) is 0 Å². The number of carbonyl (C=O) groups excluding carboxylic acids is 4. The van der Waals surface area contributed by atoms with E-state index in [0.29, 0.717) is 13.2 Å². The summed E-state index contributed by atoms with van der Waals surface area (Å²) in [6, 6.07) is 0. The summed E-state index contributed by atoms with van der Waals surface area (Å²) in [6.07, 6.45) is -0.207. The van der Waals surface area contributed by atoms with E-state index in [1.807, 2.05) is 0 Å². The predicted octanol–water partition coefficient (Wildman–Crippen LogP) is 0.272. The van der Waals surface area contributed by atoms with Gasteiger partial charge >= 0.3 is 11.9 Å². The smallest absolute Gasteiger partial charge is 0.313 e. The van der Waals surface area contributed by atoms with Gasteiger partial charge in [0.1, 0.15) is 24.4 Å². The molecule has 136 valence electrons. The van der Waals surface area contributed by atoms with Gasteiger partial charge in [0, 0.05) is 40.4 Å². The third kappa shape index (κ3) is 44.9. The zero-order valence-electron chi connectivity index (χ0n) is 14.7. The van der Waals surface area contributed by atoms with Gasteiger partial charge in [-0.25, -0.2) is 0 Å². The van der Waals surface area contributed by atoms with Gasteiger partial charge in [-0.3, -0.25) is 19.2 Å². The molecule has 2 N–H and O–H groups in total. The van der Waals surface area contributed by atoms with Crippen molar-refractivity contribution in [2.75, 3.05) is 27.4 Å². The molecule has 0 aromatic heterocycles. The van der Waals surface area contributed by atoms with Gasteiger partial charge in [0.15, 0.2) is 0 Å². The minimum atomic E-state index is -0.440. The third-order valence-corrected chi connectivity index (χ3v) is 1.40. The normalized spacial score (nSPS) is 7.30. The fraction of sp³-hybridized carbons (Fsp3) is 0.714. The van der Waals surface area contributed by atoms with Crippen molar-refractivity contribution in [2.45, 2.75) is 40.5 Å². The summed E-state index contributed by atoms with van der Waals surface area (Å²) in [4.78, 5) is 41.3. The molecular formula is C14H28O8Zr. The molecule has 0 fully saturated rings. The Morgan fingerprint density at radius 1 is 0.696 bits per heavy atom. The largest absolute Gasteiger partial charge is 0.466 e. The van der Waals surface area contributed by atoms with Crippen LogP contribution in [0.3, 0.4) is 0 Å². The van der Waals surface area contributed by atoms with Gasteiger partial charge in [-0.15, -0.1) is 0 Å². The van der Waals surface area contributed by atoms with Crippen molar-refractivity contribution >= 4 is 23.5 Å². The summed E-state index contributed by atoms with van der Waals surface area (Å²) in [5.74, 6) is -1.20. The number of ether oxygens (including phenoxy) is 2. The first-order chi connectivity index (χ1) is 10.3. The molecule has 0 atom stereocenters. The molecule has 0 bridgehead atoms. The Kier molecular flexibility index (Phi) is 42.6. The number of Topliss-reactive ketones (excluding diaryl/α,β-unsaturated/α-hetero) is 2. The minimum absolute atomic E-state index is 0. The van der Waals surface area contributed by atoms with E-state index in [1.165, 1.54) is 13.8 Å². The number of aliphatic hydroxyl groups excluding tert-OH is 2. The van der Waals surface area contributed by atoms with Crippen molar-refractivity contribution in [3.8, 4) is 0 Å². The Labute approximate surface area is 156 Å². The van der Waals surface area contributed by atoms with Crippen LogP contribution in [0.4, 0.5) is 0 Å². The van der Waals surface area contributed by atoms with E-state index < -0.39 is 11.9 Å². The molecule has 0 unspecified atom stereocenters. The average Bonchev–Trinajstić information content (AvgIpc) is 2.42. The van der Waals surface area contributed by atoms with Crippen LogP contribution >= 0.6 is 0 Å². The van der Waals surface area contributed by atoms with Gasteiger partial charge in [-0.2, -0.15) is 0 Å². The van der Waals surface area contributed by atoms with Crippen molar-refractivity contribution in [1.29, 1.82) is 0 Å². The first-order valence-corrected chi connectivity index (χ1v) is 6.52. The zero-order valence-corrected chi connectivity index (χ0v) is 17.1. The monoisotopic (exact) mass is 414 g/mol. The maximum Gasteiger partial charge on any atom is 0.313 e. The van der Waals surface area contributed by atoms with Crippen LogP contribution < -0.4 is 0 Å². The molecule has 9 heteroatoms. The molecule has 0 radical (unpaired) electrons. The number of carbonyl (C=O) groups is 4. The van der Waals surface area contributed by atoms with Gasteiger partial charge in [-0.05, 0) is 27.7 Å². The fourth-order valence-electron chi connectivity index (χ4n) is 0.831. The number of ketones is 2. The number of hydrogen-bond acceptors (Lipinski definition) is 8. The molecular weight excluding hydrogens is 387 g/mol. The van der Waals surface area contributed by atoms with E-state index in [1.54, 1.807) is 13.8 Å². The summed E-state index contributed by atoms with van der Waals surface area (Å²) in [5.41, 5.74) is 0. The van der Waals surface area contributed by atoms with Crippen LogP contribution in [0.25, 0.3) is 0 Å². The quantitative estimate of drug-likeness (QED) is 0.467. The van der Waals surface area contributed by atoms with E-state index in [9.17, 15) is 19.2 Å². The predicted molar refractivity (Wildman–Crippen MR) is 80.1 cm³/mol. The van der Waals surface area contributed by atoms with Crippen molar-refractivity contribution < 1.29 is 65.1 Å². The van der Waals surface area contributed by atoms with Crippen LogP contribution in [0, 0.1) is 0 Å². The molecule has 0 heterocycles. The molecule has 8 nitrogen and oxygen atoms in total. The molecule has 23 heavy (non-hydrogen) atoms. The molecule has 0 amide bonds. The Morgan fingerprint density at radius 2 is 0.913 bits per heavy atom. The van der Waals surface area contributed by atoms with E-state index in [0.717, 1.165) is 14.2 Å². The van der Waals surface area contributed by atoms with Crippen LogP contribution in [0.2, 0.25) is 0 Å². The summed E-state index contributed by atoms with van der Waals surface area (Å²) < 4.78 is 8.99. The SMILES string of the molecule is CCOC(=O)CC(C)=O.CCOC(=O)CC(C)=O.CO.CO.[Zr]. The number of hydrogen-bond donors (Lipinski definition) is 2. The molecule has 0 spiro atoms. The van der Waals surface area contributed by atoms with Gasteiger partial charge in [0.2, 0.25) is 0 Å². The van der Waals surface area contributed by atoms with Crippen molar-refractivity contribution in [3.63, 3.8) is 0 Å². The average molecular weight is 416 g/mol. The molecule has 0 aromatic rings. The number of aliphatic hydroxyl groups is 2. The van der Waals surface area contributed by atoms with Crippen molar-refractivity contribution in [3.05, 3.63) is 0 Å². The Morgan fingerprint density at radius 3 is 1.04 bits per heavy atom. The second-order valence-electron chi connectivity index (χ2n) is 3.37. The summed E-state index contributed by atoms with van der Waals surface area (Å²) in [7, 11) is 2.00. The third-order valence-electron chi connectivity index (χ3n) is 1.40. The second-order valence-corrected chi connectivity index (χ2v) is 3.37. The van der Waals surface area contributed by atoms with Crippen LogP contribution in [-0.2, 0) is 54.9 Å². The molecule has 0 rings (SSSR count). The number of rotatable bonds is 6. The Bertz CT molecular complexity index is 275. The van der Waals surface area contributed by atoms with E-state index in [-0.39, 0.29) is 50.6 Å². The Balaban J connectivity index is -0.0000000743. The van der Waals surface area contributed by atoms with Crippen LogP contribution in [-0.4, -0.2) is 61.2 Å². The number of esters is 2. The van der Waals surface area contributed by atoms with E-state index in [4.69, 9.17) is 10.2 Å². The van der Waals surface area contributed by atoms with Crippen LogP contribution in [0.5, 0.6) is 0 Å². The van der Waals surface area contributed by atoms with E-state index >= 15 is 0 Å². The molecule has 0 aromatic carbocycles. The maximum absolute atomic E-state index is 10.4. The zero-order chi connectivity index (χ0) is 18.6. The summed E-state index contributed by atoms with van der Waals surface area (Å²) in [5, 5.41) is 14.0. The Hall–Kier alpha value is -0.917. The van der Waals surface area contributed by atoms with Crippen LogP contribution in [0.1, 0.15) is 40.5 Å². The topological polar surface area (TPSA) is 127 Å². The molecule has 0 aliphatic carbocycles. The first kappa shape index (κ1) is 33.6. The molecule has 0 saturated heterocycles. The van der Waals surface area contributed by atoms with E-state index in [2.05, 4.69) is 9.47 Å². The second kappa shape index (κ2) is 29.1. The van der Waals surface area contributed by atoms with Crippen LogP contribution in [0.15, 0.2) is 0 Å². The van der Waals surface area contributed by atoms with Gasteiger partial charge in [0.05, 0.1) is 13.2 Å². The van der Waals surface area contributed by atoms with Crippen molar-refractivity contribution in [2.24, 2.45) is 0 Å². The minimum Gasteiger partial charge on any atom is -0.466 e. The fourth-order valence-corrected chi connectivity index (χ4v) is 0.831. The first-order valence-electron chi connectivity index (χ1n) is 6.52. The molecule has 0 aliphatic rings. The van der Waals surface area contributed by atoms with Gasteiger partial charge < -0.3 is 19.7 Å². The van der Waals surface area contributed by atoms with Gasteiger partial charge in [-0.1, -0.05) is 0 Å². The summed E-state index contributed by atoms with van der Waals surface area (Å²) in [6.45, 7) is 6.81. The summed E-state index contributed by atoms with van der Waals surface area (Å²) >= 11 is 0. The molecule has 0 saturated carbocycles. The maximum atomic E-state index is 10.4. The molecule has 0 aliphatic heterocycles.